The van der Waals surface area contributed by atoms with Crippen LogP contribution in [-0.2, 0) is 23.5 Å². The molecular weight excluding hydrogens is 268 g/mol. The Bertz CT molecular complexity index is 483. The summed E-state index contributed by atoms with van der Waals surface area (Å²) in [6, 6.07) is 0. The highest BCUT2D eigenvalue weighted by Gasteiger charge is 2.07. The molecule has 7 heteroatoms. The maximum absolute atomic E-state index is 5.05. The van der Waals surface area contributed by atoms with Gasteiger partial charge in [-0.15, -0.1) is 21.5 Å². The first-order valence-electron chi connectivity index (χ1n) is 5.76. The van der Waals surface area contributed by atoms with Crippen LogP contribution in [-0.4, -0.2) is 33.5 Å². The molecule has 0 fully saturated rings. The molecule has 0 amide bonds. The van der Waals surface area contributed by atoms with Crippen LogP contribution in [0.5, 0.6) is 0 Å². The van der Waals surface area contributed by atoms with E-state index < -0.39 is 0 Å². The quantitative estimate of drug-likeness (QED) is 0.730. The molecule has 2 aromatic heterocycles. The molecule has 0 atom stereocenters. The van der Waals surface area contributed by atoms with Crippen LogP contribution < -0.4 is 0 Å². The summed E-state index contributed by atoms with van der Waals surface area (Å²) in [6.45, 7) is 3.57. The van der Waals surface area contributed by atoms with Gasteiger partial charge in [0.05, 0.1) is 17.3 Å². The molecular formula is C11H16N4OS2. The average Bonchev–Trinajstić information content (AvgIpc) is 3.02. The minimum absolute atomic E-state index is 0.669. The summed E-state index contributed by atoms with van der Waals surface area (Å²) < 4.78 is 7.06. The number of thiazole rings is 1. The standard InChI is InChI=1S/C11H16N4OS2/c1-3-10-13-9(6-17-10)7-18-11-14-12-8-15(11)4-5-16-2/h6,8H,3-5,7H2,1-2H3. The molecule has 0 N–H and O–H groups in total. The van der Waals surface area contributed by atoms with Crippen molar-refractivity contribution in [3.05, 3.63) is 22.4 Å². The molecule has 2 aromatic rings. The third-order valence-corrected chi connectivity index (χ3v) is 4.42. The minimum Gasteiger partial charge on any atom is -0.383 e. The second kappa shape index (κ2) is 6.86. The van der Waals surface area contributed by atoms with Crippen LogP contribution in [0.3, 0.4) is 0 Å². The highest BCUT2D eigenvalue weighted by atomic mass is 32.2. The average molecular weight is 284 g/mol. The molecule has 0 saturated heterocycles. The van der Waals surface area contributed by atoms with E-state index in [1.807, 2.05) is 4.57 Å². The lowest BCUT2D eigenvalue weighted by Gasteiger charge is -2.04. The first-order chi connectivity index (χ1) is 8.83. The van der Waals surface area contributed by atoms with Gasteiger partial charge in [0.15, 0.2) is 5.16 Å². The summed E-state index contributed by atoms with van der Waals surface area (Å²) in [5.41, 5.74) is 1.11. The fraction of sp³-hybridized carbons (Fsp3) is 0.545. The summed E-state index contributed by atoms with van der Waals surface area (Å²) in [7, 11) is 1.69. The van der Waals surface area contributed by atoms with Gasteiger partial charge in [0, 0.05) is 24.8 Å². The van der Waals surface area contributed by atoms with E-state index in [4.69, 9.17) is 4.74 Å². The molecule has 2 heterocycles. The molecule has 98 valence electrons. The third-order valence-electron chi connectivity index (χ3n) is 2.37. The first kappa shape index (κ1) is 13.5. The molecule has 0 aromatic carbocycles. The Hall–Kier alpha value is -0.920. The molecule has 0 aliphatic rings. The van der Waals surface area contributed by atoms with Gasteiger partial charge in [-0.1, -0.05) is 18.7 Å². The van der Waals surface area contributed by atoms with E-state index in [1.165, 1.54) is 5.01 Å². The number of aryl methyl sites for hydroxylation is 1. The van der Waals surface area contributed by atoms with Crippen LogP contribution in [0.25, 0.3) is 0 Å². The largest absolute Gasteiger partial charge is 0.383 e. The van der Waals surface area contributed by atoms with E-state index in [1.54, 1.807) is 36.5 Å². The van der Waals surface area contributed by atoms with Gasteiger partial charge in [-0.3, -0.25) is 0 Å². The number of nitrogens with zero attached hydrogens (tertiary/aromatic N) is 4. The molecule has 0 aliphatic heterocycles. The summed E-state index contributed by atoms with van der Waals surface area (Å²) in [6.07, 6.45) is 2.74. The number of thioether (sulfide) groups is 1. The van der Waals surface area contributed by atoms with Gasteiger partial charge in [-0.2, -0.15) is 0 Å². The Balaban J connectivity index is 1.91. The van der Waals surface area contributed by atoms with Gasteiger partial charge in [-0.05, 0) is 6.42 Å². The van der Waals surface area contributed by atoms with Crippen molar-refractivity contribution in [3.63, 3.8) is 0 Å². The number of hydrogen-bond donors (Lipinski definition) is 0. The van der Waals surface area contributed by atoms with Crippen LogP contribution in [0.15, 0.2) is 16.9 Å². The van der Waals surface area contributed by atoms with Gasteiger partial charge in [0.2, 0.25) is 0 Å². The molecule has 5 nitrogen and oxygen atoms in total. The van der Waals surface area contributed by atoms with Crippen molar-refractivity contribution in [2.45, 2.75) is 30.8 Å². The summed E-state index contributed by atoms with van der Waals surface area (Å²) in [5.74, 6) is 0.835. The second-order valence-corrected chi connectivity index (χ2v) is 5.56. The summed E-state index contributed by atoms with van der Waals surface area (Å²) in [5, 5.41) is 12.2. The highest BCUT2D eigenvalue weighted by molar-refractivity contribution is 7.98. The molecule has 0 radical (unpaired) electrons. The van der Waals surface area contributed by atoms with Crippen LogP contribution in [0.1, 0.15) is 17.6 Å². The van der Waals surface area contributed by atoms with Crippen LogP contribution >= 0.6 is 23.1 Å². The summed E-state index contributed by atoms with van der Waals surface area (Å²) in [4.78, 5) is 4.54. The predicted octanol–water partition coefficient (Wildman–Crippen LogP) is 2.24. The second-order valence-electron chi connectivity index (χ2n) is 3.67. The van der Waals surface area contributed by atoms with E-state index in [-0.39, 0.29) is 0 Å². The molecule has 18 heavy (non-hydrogen) atoms. The zero-order valence-corrected chi connectivity index (χ0v) is 12.1. The topological polar surface area (TPSA) is 52.8 Å². The zero-order chi connectivity index (χ0) is 12.8. The number of rotatable bonds is 7. The van der Waals surface area contributed by atoms with Gasteiger partial charge < -0.3 is 9.30 Å². The van der Waals surface area contributed by atoms with E-state index in [0.29, 0.717) is 6.61 Å². The molecule has 0 spiro atoms. The SMILES string of the molecule is CCc1nc(CSc2nncn2CCOC)cs1. The Morgan fingerprint density at radius 2 is 2.39 bits per heavy atom. The van der Waals surface area contributed by atoms with Gasteiger partial charge >= 0.3 is 0 Å². The first-order valence-corrected chi connectivity index (χ1v) is 7.62. The van der Waals surface area contributed by atoms with Crippen LogP contribution in [0, 0.1) is 0 Å². The molecule has 0 saturated carbocycles. The van der Waals surface area contributed by atoms with Crippen molar-refractivity contribution < 1.29 is 4.74 Å². The van der Waals surface area contributed by atoms with Crippen molar-refractivity contribution in [1.82, 2.24) is 19.7 Å². The van der Waals surface area contributed by atoms with Gasteiger partial charge in [0.1, 0.15) is 6.33 Å². The lowest BCUT2D eigenvalue weighted by molar-refractivity contribution is 0.184. The maximum atomic E-state index is 5.05. The molecule has 0 aliphatic carbocycles. The fourth-order valence-corrected chi connectivity index (χ4v) is 3.10. The number of ether oxygens (including phenoxy) is 1. The van der Waals surface area contributed by atoms with Crippen molar-refractivity contribution >= 4 is 23.1 Å². The normalized spacial score (nSPS) is 11.0. The van der Waals surface area contributed by atoms with Crippen molar-refractivity contribution in [1.29, 1.82) is 0 Å². The van der Waals surface area contributed by atoms with Crippen molar-refractivity contribution in [3.8, 4) is 0 Å². The lowest BCUT2D eigenvalue weighted by atomic mass is 10.5. The fourth-order valence-electron chi connectivity index (χ4n) is 1.42. The lowest BCUT2D eigenvalue weighted by Crippen LogP contribution is -2.04. The molecule has 2 rings (SSSR count). The Labute approximate surface area is 115 Å². The summed E-state index contributed by atoms with van der Waals surface area (Å²) >= 11 is 3.38. The van der Waals surface area contributed by atoms with Gasteiger partial charge in [0.25, 0.3) is 0 Å². The van der Waals surface area contributed by atoms with Crippen molar-refractivity contribution in [2.75, 3.05) is 13.7 Å². The van der Waals surface area contributed by atoms with E-state index in [2.05, 4.69) is 27.5 Å². The Kier molecular flexibility index (Phi) is 5.15. The highest BCUT2D eigenvalue weighted by Crippen LogP contribution is 2.21. The smallest absolute Gasteiger partial charge is 0.191 e. The van der Waals surface area contributed by atoms with Crippen LogP contribution in [0.4, 0.5) is 0 Å². The Morgan fingerprint density at radius 1 is 1.50 bits per heavy atom. The Morgan fingerprint density at radius 3 is 3.11 bits per heavy atom. The maximum Gasteiger partial charge on any atom is 0.191 e. The van der Waals surface area contributed by atoms with E-state index in [0.717, 1.165) is 29.6 Å². The number of methoxy groups -OCH3 is 1. The van der Waals surface area contributed by atoms with Crippen LogP contribution in [0.2, 0.25) is 0 Å². The minimum atomic E-state index is 0.669. The monoisotopic (exact) mass is 284 g/mol. The van der Waals surface area contributed by atoms with Crippen molar-refractivity contribution in [2.24, 2.45) is 0 Å². The van der Waals surface area contributed by atoms with Gasteiger partial charge in [-0.25, -0.2) is 4.98 Å². The number of hydrogen-bond acceptors (Lipinski definition) is 6. The predicted molar refractivity (Wildman–Crippen MR) is 73.0 cm³/mol. The molecule has 0 bridgehead atoms. The third kappa shape index (κ3) is 3.54. The van der Waals surface area contributed by atoms with E-state index >= 15 is 0 Å². The van der Waals surface area contributed by atoms with E-state index in [9.17, 15) is 0 Å². The zero-order valence-electron chi connectivity index (χ0n) is 10.5. The number of aromatic nitrogens is 4. The molecule has 0 unspecified atom stereocenters.